The highest BCUT2D eigenvalue weighted by Crippen LogP contribution is 2.24. The lowest BCUT2D eigenvalue weighted by Crippen LogP contribution is -2.32. The van der Waals surface area contributed by atoms with Crippen molar-refractivity contribution in [1.82, 2.24) is 5.32 Å². The van der Waals surface area contributed by atoms with E-state index in [0.29, 0.717) is 12.5 Å². The number of thiophene rings is 1. The Morgan fingerprint density at radius 3 is 3.00 bits per heavy atom. The molecule has 0 spiro atoms. The molecule has 0 saturated heterocycles. The first kappa shape index (κ1) is 13.1. The van der Waals surface area contributed by atoms with E-state index in [4.69, 9.17) is 0 Å². The van der Waals surface area contributed by atoms with Crippen LogP contribution in [0.5, 0.6) is 0 Å². The number of halogens is 1. The number of hydrogen-bond acceptors (Lipinski definition) is 3. The van der Waals surface area contributed by atoms with E-state index in [1.165, 1.54) is 11.3 Å². The molecule has 1 fully saturated rings. The van der Waals surface area contributed by atoms with Crippen LogP contribution in [-0.4, -0.2) is 23.7 Å². The van der Waals surface area contributed by atoms with E-state index in [9.17, 15) is 9.90 Å². The Kier molecular flexibility index (Phi) is 4.59. The highest BCUT2D eigenvalue weighted by molar-refractivity contribution is 9.11. The molecule has 1 amide bonds. The normalized spacial score (nSPS) is 24.6. The third-order valence-electron chi connectivity index (χ3n) is 3.10. The van der Waals surface area contributed by atoms with Gasteiger partial charge in [-0.05, 0) is 53.2 Å². The number of aliphatic hydroxyl groups is 1. The fourth-order valence-corrected chi connectivity index (χ4v) is 3.51. The van der Waals surface area contributed by atoms with Gasteiger partial charge in [0, 0.05) is 6.54 Å². The van der Waals surface area contributed by atoms with Gasteiger partial charge in [-0.25, -0.2) is 0 Å². The van der Waals surface area contributed by atoms with Crippen LogP contribution >= 0.6 is 27.3 Å². The maximum absolute atomic E-state index is 11.8. The van der Waals surface area contributed by atoms with Gasteiger partial charge in [0.15, 0.2) is 0 Å². The molecule has 3 nitrogen and oxygen atoms in total. The molecule has 2 atom stereocenters. The van der Waals surface area contributed by atoms with E-state index >= 15 is 0 Å². The minimum Gasteiger partial charge on any atom is -0.393 e. The van der Waals surface area contributed by atoms with Gasteiger partial charge in [0.2, 0.25) is 0 Å². The van der Waals surface area contributed by atoms with Crippen molar-refractivity contribution in [3.05, 3.63) is 20.8 Å². The van der Waals surface area contributed by atoms with E-state index in [-0.39, 0.29) is 12.0 Å². The van der Waals surface area contributed by atoms with Crippen LogP contribution in [0.4, 0.5) is 0 Å². The summed E-state index contributed by atoms with van der Waals surface area (Å²) in [4.78, 5) is 12.5. The summed E-state index contributed by atoms with van der Waals surface area (Å²) in [5.41, 5.74) is 0. The van der Waals surface area contributed by atoms with E-state index in [1.807, 2.05) is 12.1 Å². The first-order chi connectivity index (χ1) is 8.15. The summed E-state index contributed by atoms with van der Waals surface area (Å²) in [7, 11) is 0. The van der Waals surface area contributed by atoms with Gasteiger partial charge in [0.1, 0.15) is 0 Å². The zero-order chi connectivity index (χ0) is 12.3. The Bertz CT molecular complexity index is 394. The topological polar surface area (TPSA) is 49.3 Å². The number of rotatable bonds is 3. The van der Waals surface area contributed by atoms with Crippen molar-refractivity contribution in [3.8, 4) is 0 Å². The highest BCUT2D eigenvalue weighted by atomic mass is 79.9. The molecular formula is C12H16BrNO2S. The van der Waals surface area contributed by atoms with Crippen LogP contribution in [0, 0.1) is 5.92 Å². The molecule has 0 radical (unpaired) electrons. The fourth-order valence-electron chi connectivity index (χ4n) is 2.21. The van der Waals surface area contributed by atoms with Crippen LogP contribution in [0.25, 0.3) is 0 Å². The Balaban J connectivity index is 1.80. The summed E-state index contributed by atoms with van der Waals surface area (Å²) in [6, 6.07) is 3.70. The van der Waals surface area contributed by atoms with Crippen LogP contribution < -0.4 is 5.32 Å². The maximum atomic E-state index is 11.8. The van der Waals surface area contributed by atoms with Gasteiger partial charge >= 0.3 is 0 Å². The Labute approximate surface area is 113 Å². The lowest BCUT2D eigenvalue weighted by molar-refractivity contribution is 0.0876. The lowest BCUT2D eigenvalue weighted by atomic mass is 9.87. The van der Waals surface area contributed by atoms with E-state index < -0.39 is 0 Å². The number of amides is 1. The second-order valence-electron chi connectivity index (χ2n) is 4.50. The first-order valence-electron chi connectivity index (χ1n) is 5.87. The second-order valence-corrected chi connectivity index (χ2v) is 6.96. The van der Waals surface area contributed by atoms with Gasteiger partial charge in [-0.15, -0.1) is 11.3 Å². The maximum Gasteiger partial charge on any atom is 0.261 e. The van der Waals surface area contributed by atoms with Crippen LogP contribution in [0.15, 0.2) is 15.9 Å². The Morgan fingerprint density at radius 2 is 2.35 bits per heavy atom. The van der Waals surface area contributed by atoms with Gasteiger partial charge < -0.3 is 10.4 Å². The van der Waals surface area contributed by atoms with Gasteiger partial charge in [-0.3, -0.25) is 4.79 Å². The zero-order valence-corrected chi connectivity index (χ0v) is 11.9. The molecule has 0 bridgehead atoms. The molecular weight excluding hydrogens is 302 g/mol. The molecule has 1 heterocycles. The van der Waals surface area contributed by atoms with Crippen molar-refractivity contribution in [3.63, 3.8) is 0 Å². The number of carbonyl (C=O) groups excluding carboxylic acids is 1. The largest absolute Gasteiger partial charge is 0.393 e. The Hall–Kier alpha value is -0.390. The van der Waals surface area contributed by atoms with Crippen molar-refractivity contribution in [1.29, 1.82) is 0 Å². The smallest absolute Gasteiger partial charge is 0.261 e. The van der Waals surface area contributed by atoms with Crippen LogP contribution in [-0.2, 0) is 0 Å². The summed E-state index contributed by atoms with van der Waals surface area (Å²) in [5, 5.41) is 12.5. The second kappa shape index (κ2) is 5.98. The number of hydrogen-bond donors (Lipinski definition) is 2. The van der Waals surface area contributed by atoms with Gasteiger partial charge in [0.05, 0.1) is 14.8 Å². The van der Waals surface area contributed by atoms with E-state index in [0.717, 1.165) is 34.3 Å². The summed E-state index contributed by atoms with van der Waals surface area (Å²) in [6.07, 6.45) is 3.70. The zero-order valence-electron chi connectivity index (χ0n) is 9.49. The average molecular weight is 318 g/mol. The molecule has 94 valence electrons. The van der Waals surface area contributed by atoms with Crippen LogP contribution in [0.2, 0.25) is 0 Å². The molecule has 2 rings (SSSR count). The fraction of sp³-hybridized carbons (Fsp3) is 0.583. The van der Waals surface area contributed by atoms with Gasteiger partial charge in [0.25, 0.3) is 5.91 Å². The van der Waals surface area contributed by atoms with Crippen molar-refractivity contribution < 1.29 is 9.90 Å². The van der Waals surface area contributed by atoms with Crippen molar-refractivity contribution in [2.75, 3.05) is 6.54 Å². The van der Waals surface area contributed by atoms with E-state index in [2.05, 4.69) is 21.2 Å². The third kappa shape index (κ3) is 3.79. The summed E-state index contributed by atoms with van der Waals surface area (Å²) >= 11 is 4.78. The van der Waals surface area contributed by atoms with Crippen molar-refractivity contribution in [2.45, 2.75) is 31.8 Å². The molecule has 0 aromatic carbocycles. The van der Waals surface area contributed by atoms with Crippen LogP contribution in [0.3, 0.4) is 0 Å². The average Bonchev–Trinajstić information content (AvgIpc) is 2.73. The molecule has 1 aromatic heterocycles. The summed E-state index contributed by atoms with van der Waals surface area (Å²) < 4.78 is 0.968. The third-order valence-corrected chi connectivity index (χ3v) is 4.73. The lowest BCUT2D eigenvalue weighted by Gasteiger charge is -2.25. The summed E-state index contributed by atoms with van der Waals surface area (Å²) in [5.74, 6) is 0.409. The number of carbonyl (C=O) groups is 1. The molecule has 0 aliphatic heterocycles. The van der Waals surface area contributed by atoms with Gasteiger partial charge in [-0.2, -0.15) is 0 Å². The molecule has 1 aromatic rings. The minimum atomic E-state index is -0.179. The van der Waals surface area contributed by atoms with E-state index in [1.54, 1.807) is 0 Å². The molecule has 2 unspecified atom stereocenters. The van der Waals surface area contributed by atoms with Crippen molar-refractivity contribution >= 4 is 33.2 Å². The molecule has 17 heavy (non-hydrogen) atoms. The van der Waals surface area contributed by atoms with Crippen LogP contribution in [0.1, 0.15) is 35.4 Å². The monoisotopic (exact) mass is 317 g/mol. The predicted molar refractivity (Wildman–Crippen MR) is 72.3 cm³/mol. The molecule has 1 saturated carbocycles. The molecule has 1 aliphatic rings. The number of aliphatic hydroxyl groups excluding tert-OH is 1. The van der Waals surface area contributed by atoms with Crippen molar-refractivity contribution in [2.24, 2.45) is 5.92 Å². The molecule has 5 heteroatoms. The Morgan fingerprint density at radius 1 is 1.53 bits per heavy atom. The summed E-state index contributed by atoms with van der Waals surface area (Å²) in [6.45, 7) is 0.672. The SMILES string of the molecule is O=C(NCC1CCCC(O)C1)c1ccc(Br)s1. The quantitative estimate of drug-likeness (QED) is 0.900. The molecule has 1 aliphatic carbocycles. The van der Waals surface area contributed by atoms with Gasteiger partial charge in [-0.1, -0.05) is 6.42 Å². The first-order valence-corrected chi connectivity index (χ1v) is 7.47. The number of nitrogens with one attached hydrogen (secondary N) is 1. The predicted octanol–water partition coefficient (Wildman–Crippen LogP) is 2.79. The minimum absolute atomic E-state index is 0.0132. The highest BCUT2D eigenvalue weighted by Gasteiger charge is 2.20. The standard InChI is InChI=1S/C12H16BrNO2S/c13-11-5-4-10(17-11)12(16)14-7-8-2-1-3-9(15)6-8/h4-5,8-9,15H,1-3,6-7H2,(H,14,16). The molecule has 2 N–H and O–H groups in total.